The highest BCUT2D eigenvalue weighted by Gasteiger charge is 2.25. The van der Waals surface area contributed by atoms with Gasteiger partial charge in [0.25, 0.3) is 0 Å². The van der Waals surface area contributed by atoms with Gasteiger partial charge in [-0.05, 0) is 42.0 Å². The Labute approximate surface area is 163 Å². The molecule has 28 heavy (non-hydrogen) atoms. The maximum atomic E-state index is 12.6. The molecule has 0 saturated carbocycles. The number of nitrogens with one attached hydrogen (secondary N) is 1. The summed E-state index contributed by atoms with van der Waals surface area (Å²) in [6.07, 6.45) is 2.94. The van der Waals surface area contributed by atoms with Crippen molar-refractivity contribution < 1.29 is 17.9 Å². The zero-order chi connectivity index (χ0) is 20.0. The van der Waals surface area contributed by atoms with E-state index in [0.29, 0.717) is 43.1 Å². The van der Waals surface area contributed by atoms with Crippen LogP contribution < -0.4 is 5.32 Å². The molecule has 0 unspecified atom stereocenters. The van der Waals surface area contributed by atoms with Gasteiger partial charge in [-0.15, -0.1) is 0 Å². The predicted molar refractivity (Wildman–Crippen MR) is 105 cm³/mol. The number of carbonyl (C=O) groups is 1. The molecule has 1 aliphatic rings. The maximum Gasteiger partial charge on any atom is 0.248 e. The van der Waals surface area contributed by atoms with Crippen molar-refractivity contribution in [3.05, 3.63) is 65.7 Å². The quantitative estimate of drug-likeness (QED) is 0.780. The molecular weight excluding hydrogens is 378 g/mol. The second kappa shape index (κ2) is 8.80. The minimum atomic E-state index is -3.53. The van der Waals surface area contributed by atoms with Gasteiger partial charge in [0.15, 0.2) is 0 Å². The predicted octanol–water partition coefficient (Wildman–Crippen LogP) is 2.23. The van der Waals surface area contributed by atoms with Crippen molar-refractivity contribution in [1.82, 2.24) is 4.31 Å². The Morgan fingerprint density at radius 2 is 1.86 bits per heavy atom. The van der Waals surface area contributed by atoms with Crippen LogP contribution in [0.2, 0.25) is 0 Å². The van der Waals surface area contributed by atoms with Crippen LogP contribution in [0, 0.1) is 11.3 Å². The molecular formula is C20H19N3O4S. The summed E-state index contributed by atoms with van der Waals surface area (Å²) in [5.74, 6) is -0.347. The van der Waals surface area contributed by atoms with Crippen molar-refractivity contribution in [2.75, 3.05) is 31.6 Å². The number of carbonyl (C=O) groups excluding carboxylic acids is 1. The molecule has 1 fully saturated rings. The zero-order valence-corrected chi connectivity index (χ0v) is 15.9. The minimum absolute atomic E-state index is 0.212. The second-order valence-corrected chi connectivity index (χ2v) is 8.04. The SMILES string of the molecule is N#Cc1cccc(NC(=O)/C=C/c2ccc(S(=O)(=O)N3CCOCC3)cc2)c1. The van der Waals surface area contributed by atoms with Crippen molar-refractivity contribution in [2.24, 2.45) is 0 Å². The fraction of sp³-hybridized carbons (Fsp3) is 0.200. The van der Waals surface area contributed by atoms with Crippen molar-refractivity contribution >= 4 is 27.7 Å². The lowest BCUT2D eigenvalue weighted by molar-refractivity contribution is -0.111. The van der Waals surface area contributed by atoms with E-state index in [9.17, 15) is 13.2 Å². The lowest BCUT2D eigenvalue weighted by Crippen LogP contribution is -2.40. The van der Waals surface area contributed by atoms with Crippen LogP contribution in [0.25, 0.3) is 6.08 Å². The molecule has 0 aliphatic carbocycles. The Balaban J connectivity index is 1.64. The van der Waals surface area contributed by atoms with E-state index in [1.165, 1.54) is 22.5 Å². The highest BCUT2D eigenvalue weighted by atomic mass is 32.2. The Morgan fingerprint density at radius 3 is 2.54 bits per heavy atom. The molecule has 2 aromatic carbocycles. The Kier molecular flexibility index (Phi) is 6.21. The Hall–Kier alpha value is -2.99. The van der Waals surface area contributed by atoms with Crippen LogP contribution in [0.15, 0.2) is 59.5 Å². The number of sulfonamides is 1. The van der Waals surface area contributed by atoms with Crippen LogP contribution in [0.5, 0.6) is 0 Å². The molecule has 0 aromatic heterocycles. The van der Waals surface area contributed by atoms with Crippen LogP contribution in [0.1, 0.15) is 11.1 Å². The van der Waals surface area contributed by atoms with Crippen LogP contribution >= 0.6 is 0 Å². The fourth-order valence-corrected chi connectivity index (χ4v) is 4.12. The first-order chi connectivity index (χ1) is 13.5. The number of morpholine rings is 1. The average molecular weight is 397 g/mol. The van der Waals surface area contributed by atoms with Gasteiger partial charge in [-0.25, -0.2) is 8.42 Å². The molecule has 2 aromatic rings. The summed E-state index contributed by atoms with van der Waals surface area (Å²) in [6.45, 7) is 1.48. The van der Waals surface area contributed by atoms with Crippen molar-refractivity contribution in [3.63, 3.8) is 0 Å². The van der Waals surface area contributed by atoms with Crippen LogP contribution in [-0.4, -0.2) is 44.9 Å². The van der Waals surface area contributed by atoms with Gasteiger partial charge in [0.05, 0.1) is 29.7 Å². The number of hydrogen-bond acceptors (Lipinski definition) is 5. The van der Waals surface area contributed by atoms with Gasteiger partial charge >= 0.3 is 0 Å². The number of anilines is 1. The number of hydrogen-bond donors (Lipinski definition) is 1. The molecule has 0 atom stereocenters. The molecule has 3 rings (SSSR count). The summed E-state index contributed by atoms with van der Waals surface area (Å²) in [5.41, 5.74) is 1.68. The van der Waals surface area contributed by atoms with E-state index in [1.807, 2.05) is 6.07 Å². The summed E-state index contributed by atoms with van der Waals surface area (Å²) in [7, 11) is -3.53. The van der Waals surface area contributed by atoms with Gasteiger partial charge in [0.2, 0.25) is 15.9 Å². The van der Waals surface area contributed by atoms with Crippen LogP contribution in [-0.2, 0) is 19.6 Å². The summed E-state index contributed by atoms with van der Waals surface area (Å²) in [4.78, 5) is 12.2. The van der Waals surface area contributed by atoms with E-state index in [2.05, 4.69) is 5.32 Å². The molecule has 1 heterocycles. The van der Waals surface area contributed by atoms with Gasteiger partial charge in [0.1, 0.15) is 0 Å². The number of amides is 1. The topological polar surface area (TPSA) is 99.5 Å². The molecule has 0 spiro atoms. The van der Waals surface area contributed by atoms with Crippen molar-refractivity contribution in [3.8, 4) is 6.07 Å². The maximum absolute atomic E-state index is 12.6. The van der Waals surface area contributed by atoms with Gasteiger partial charge in [-0.2, -0.15) is 9.57 Å². The van der Waals surface area contributed by atoms with E-state index in [4.69, 9.17) is 10.00 Å². The molecule has 144 valence electrons. The number of rotatable bonds is 5. The molecule has 1 saturated heterocycles. The average Bonchev–Trinajstić information content (AvgIpc) is 2.73. The molecule has 1 aliphatic heterocycles. The van der Waals surface area contributed by atoms with E-state index in [-0.39, 0.29) is 10.8 Å². The highest BCUT2D eigenvalue weighted by molar-refractivity contribution is 7.89. The third kappa shape index (κ3) is 4.84. The van der Waals surface area contributed by atoms with Crippen molar-refractivity contribution in [2.45, 2.75) is 4.90 Å². The summed E-state index contributed by atoms with van der Waals surface area (Å²) >= 11 is 0. The first-order valence-electron chi connectivity index (χ1n) is 8.66. The minimum Gasteiger partial charge on any atom is -0.379 e. The lowest BCUT2D eigenvalue weighted by Gasteiger charge is -2.26. The first kappa shape index (κ1) is 19.8. The van der Waals surface area contributed by atoms with E-state index < -0.39 is 10.0 Å². The number of nitrogens with zero attached hydrogens (tertiary/aromatic N) is 2. The Morgan fingerprint density at radius 1 is 1.14 bits per heavy atom. The smallest absolute Gasteiger partial charge is 0.248 e. The third-order valence-corrected chi connectivity index (χ3v) is 6.09. The monoisotopic (exact) mass is 397 g/mol. The molecule has 0 bridgehead atoms. The van der Waals surface area contributed by atoms with Gasteiger partial charge in [-0.1, -0.05) is 18.2 Å². The summed E-state index contributed by atoms with van der Waals surface area (Å²) < 4.78 is 31.8. The van der Waals surface area contributed by atoms with E-state index in [1.54, 1.807) is 42.5 Å². The molecule has 1 amide bonds. The molecule has 0 radical (unpaired) electrons. The van der Waals surface area contributed by atoms with Crippen LogP contribution in [0.4, 0.5) is 5.69 Å². The molecule has 1 N–H and O–H groups in total. The van der Waals surface area contributed by atoms with Gasteiger partial charge in [-0.3, -0.25) is 4.79 Å². The lowest BCUT2D eigenvalue weighted by atomic mass is 10.2. The number of ether oxygens (including phenoxy) is 1. The van der Waals surface area contributed by atoms with E-state index >= 15 is 0 Å². The second-order valence-electron chi connectivity index (χ2n) is 6.10. The largest absolute Gasteiger partial charge is 0.379 e. The number of benzene rings is 2. The van der Waals surface area contributed by atoms with Crippen LogP contribution in [0.3, 0.4) is 0 Å². The highest BCUT2D eigenvalue weighted by Crippen LogP contribution is 2.18. The van der Waals surface area contributed by atoms with Crippen molar-refractivity contribution in [1.29, 1.82) is 5.26 Å². The standard InChI is InChI=1S/C20H19N3O4S/c21-15-17-2-1-3-18(14-17)22-20(24)9-6-16-4-7-19(8-5-16)28(25,26)23-10-12-27-13-11-23/h1-9,14H,10-13H2,(H,22,24)/b9-6+. The van der Waals surface area contributed by atoms with Gasteiger partial charge < -0.3 is 10.1 Å². The summed E-state index contributed by atoms with van der Waals surface area (Å²) in [6, 6.07) is 15.0. The zero-order valence-electron chi connectivity index (χ0n) is 15.0. The third-order valence-electron chi connectivity index (χ3n) is 4.17. The Bertz CT molecular complexity index is 1020. The fourth-order valence-electron chi connectivity index (χ4n) is 2.71. The molecule has 8 heteroatoms. The van der Waals surface area contributed by atoms with E-state index in [0.717, 1.165) is 0 Å². The van der Waals surface area contributed by atoms with Gasteiger partial charge in [0, 0.05) is 24.9 Å². The molecule has 7 nitrogen and oxygen atoms in total. The normalized spacial score (nSPS) is 15.2. The number of nitriles is 1. The first-order valence-corrected chi connectivity index (χ1v) is 10.1. The summed E-state index contributed by atoms with van der Waals surface area (Å²) in [5, 5.41) is 11.6.